The Morgan fingerprint density at radius 2 is 2.53 bits per heavy atom. The number of nitrogens with zero attached hydrogens (tertiary/aromatic N) is 1. The van der Waals surface area contributed by atoms with Gasteiger partial charge in [0.15, 0.2) is 5.16 Å². The number of hydrogen-bond donors (Lipinski definition) is 2. The normalized spacial score (nSPS) is 9.67. The van der Waals surface area contributed by atoms with Gasteiger partial charge in [-0.15, -0.1) is 0 Å². The first-order chi connectivity index (χ1) is 7.15. The van der Waals surface area contributed by atoms with E-state index in [4.69, 9.17) is 0 Å². The predicted molar refractivity (Wildman–Crippen MR) is 58.7 cm³/mol. The molecule has 15 heavy (non-hydrogen) atoms. The summed E-state index contributed by atoms with van der Waals surface area (Å²) in [6.45, 7) is 3.54. The maximum atomic E-state index is 11.1. The van der Waals surface area contributed by atoms with Gasteiger partial charge in [-0.05, 0) is 12.3 Å². The first-order valence-corrected chi connectivity index (χ1v) is 5.42. The molecule has 1 aromatic rings. The Labute approximate surface area is 91.0 Å². The van der Waals surface area contributed by atoms with E-state index in [1.54, 1.807) is 0 Å². The number of aromatic amines is 1. The van der Waals surface area contributed by atoms with Gasteiger partial charge in [-0.2, -0.15) is 0 Å². The number of thioether (sulfide) groups is 1. The highest BCUT2D eigenvalue weighted by atomic mass is 32.2. The summed E-state index contributed by atoms with van der Waals surface area (Å²) in [4.78, 5) is 28.7. The van der Waals surface area contributed by atoms with E-state index in [1.165, 1.54) is 23.9 Å². The lowest BCUT2D eigenvalue weighted by atomic mass is 10.4. The van der Waals surface area contributed by atoms with Crippen LogP contribution in [0.1, 0.15) is 5.69 Å². The molecule has 0 radical (unpaired) electrons. The van der Waals surface area contributed by atoms with E-state index in [1.807, 2.05) is 6.26 Å². The van der Waals surface area contributed by atoms with Gasteiger partial charge in [-0.25, -0.2) is 4.98 Å². The zero-order valence-corrected chi connectivity index (χ0v) is 9.06. The molecule has 0 aliphatic heterocycles. The number of nitrogens with one attached hydrogen (secondary N) is 2. The Bertz CT molecular complexity index is 428. The number of H-pyrrole nitrogens is 1. The number of aromatic nitrogens is 2. The van der Waals surface area contributed by atoms with Crippen molar-refractivity contribution >= 4 is 17.7 Å². The van der Waals surface area contributed by atoms with E-state index in [2.05, 4.69) is 21.9 Å². The molecule has 1 rings (SSSR count). The molecule has 0 fully saturated rings. The third kappa shape index (κ3) is 3.59. The minimum Gasteiger partial charge on any atom is -0.347 e. The molecular formula is C9H11N3O2S. The van der Waals surface area contributed by atoms with Gasteiger partial charge in [0.1, 0.15) is 0 Å². The van der Waals surface area contributed by atoms with Crippen LogP contribution in [0.2, 0.25) is 0 Å². The fraction of sp³-hybridized carbons (Fsp3) is 0.222. The molecule has 5 nitrogen and oxygen atoms in total. The van der Waals surface area contributed by atoms with Crippen molar-refractivity contribution in [3.63, 3.8) is 0 Å². The smallest absolute Gasteiger partial charge is 0.251 e. The topological polar surface area (TPSA) is 74.8 Å². The van der Waals surface area contributed by atoms with Gasteiger partial charge >= 0.3 is 0 Å². The van der Waals surface area contributed by atoms with E-state index in [0.717, 1.165) is 0 Å². The molecule has 0 aliphatic rings. The lowest BCUT2D eigenvalue weighted by molar-refractivity contribution is -0.116. The first-order valence-electron chi connectivity index (χ1n) is 4.20. The Hall–Kier alpha value is -1.56. The molecule has 0 saturated carbocycles. The second-order valence-electron chi connectivity index (χ2n) is 2.67. The molecule has 0 spiro atoms. The maximum absolute atomic E-state index is 11.1. The number of hydrogen-bond acceptors (Lipinski definition) is 4. The molecule has 1 amide bonds. The molecule has 1 heterocycles. The summed E-state index contributed by atoms with van der Waals surface area (Å²) >= 11 is 1.34. The Balaban J connectivity index is 2.76. The molecule has 0 aliphatic carbocycles. The fourth-order valence-electron chi connectivity index (χ4n) is 0.921. The van der Waals surface area contributed by atoms with Gasteiger partial charge in [0, 0.05) is 6.07 Å². The van der Waals surface area contributed by atoms with Crippen molar-refractivity contribution in [2.75, 3.05) is 6.26 Å². The molecule has 0 saturated heterocycles. The summed E-state index contributed by atoms with van der Waals surface area (Å²) in [5.41, 5.74) is 0.301. The summed E-state index contributed by atoms with van der Waals surface area (Å²) in [5.74, 6) is -0.289. The van der Waals surface area contributed by atoms with Crippen molar-refractivity contribution in [2.24, 2.45) is 0 Å². The highest BCUT2D eigenvalue weighted by molar-refractivity contribution is 7.98. The summed E-state index contributed by atoms with van der Waals surface area (Å²) in [7, 11) is 0. The van der Waals surface area contributed by atoms with Crippen LogP contribution in [0.25, 0.3) is 0 Å². The quantitative estimate of drug-likeness (QED) is 0.439. The van der Waals surface area contributed by atoms with Crippen molar-refractivity contribution < 1.29 is 4.79 Å². The number of carbonyl (C=O) groups is 1. The van der Waals surface area contributed by atoms with Gasteiger partial charge in [0.25, 0.3) is 5.56 Å². The van der Waals surface area contributed by atoms with Crippen molar-refractivity contribution in [1.29, 1.82) is 0 Å². The van der Waals surface area contributed by atoms with Crippen LogP contribution in [0.4, 0.5) is 0 Å². The van der Waals surface area contributed by atoms with E-state index >= 15 is 0 Å². The number of amides is 1. The van der Waals surface area contributed by atoms with Gasteiger partial charge in [-0.3, -0.25) is 9.59 Å². The van der Waals surface area contributed by atoms with Crippen molar-refractivity contribution in [1.82, 2.24) is 15.3 Å². The van der Waals surface area contributed by atoms with Crippen molar-refractivity contribution in [2.45, 2.75) is 11.7 Å². The summed E-state index contributed by atoms with van der Waals surface area (Å²) in [6.07, 6.45) is 2.98. The highest BCUT2D eigenvalue weighted by Crippen LogP contribution is 2.05. The molecule has 80 valence electrons. The van der Waals surface area contributed by atoms with Crippen LogP contribution in [0.3, 0.4) is 0 Å². The van der Waals surface area contributed by atoms with E-state index in [-0.39, 0.29) is 18.0 Å². The average molecular weight is 225 g/mol. The van der Waals surface area contributed by atoms with Crippen LogP contribution in [0, 0.1) is 0 Å². The van der Waals surface area contributed by atoms with E-state index in [0.29, 0.717) is 10.9 Å². The SMILES string of the molecule is C=CC(=O)NCc1cc(=O)[nH]c(SC)n1. The number of rotatable bonds is 4. The van der Waals surface area contributed by atoms with E-state index in [9.17, 15) is 9.59 Å². The number of carbonyl (C=O) groups excluding carboxylic acids is 1. The highest BCUT2D eigenvalue weighted by Gasteiger charge is 2.01. The molecule has 0 atom stereocenters. The Morgan fingerprint density at radius 1 is 1.80 bits per heavy atom. The lowest BCUT2D eigenvalue weighted by Gasteiger charge is -2.02. The van der Waals surface area contributed by atoms with Crippen LogP contribution in [0.15, 0.2) is 28.7 Å². The standard InChI is InChI=1S/C9H11N3O2S/c1-3-7(13)10-5-6-4-8(14)12-9(11-6)15-2/h3-4H,1,5H2,2H3,(H,10,13)(H,11,12,14). The molecule has 0 aromatic carbocycles. The Kier molecular flexibility index (Phi) is 4.11. The van der Waals surface area contributed by atoms with Gasteiger partial charge in [0.05, 0.1) is 12.2 Å². The third-order valence-corrected chi connectivity index (χ3v) is 2.18. The average Bonchev–Trinajstić information content (AvgIpc) is 2.25. The molecule has 6 heteroatoms. The molecule has 0 unspecified atom stereocenters. The molecular weight excluding hydrogens is 214 g/mol. The van der Waals surface area contributed by atoms with Crippen LogP contribution in [-0.2, 0) is 11.3 Å². The largest absolute Gasteiger partial charge is 0.347 e. The summed E-state index contributed by atoms with van der Waals surface area (Å²) in [6, 6.07) is 1.35. The molecule has 2 N–H and O–H groups in total. The Morgan fingerprint density at radius 3 is 3.13 bits per heavy atom. The maximum Gasteiger partial charge on any atom is 0.251 e. The summed E-state index contributed by atoms with van der Waals surface area (Å²) < 4.78 is 0. The first kappa shape index (κ1) is 11.5. The lowest BCUT2D eigenvalue weighted by Crippen LogP contribution is -2.22. The van der Waals surface area contributed by atoms with Crippen LogP contribution < -0.4 is 10.9 Å². The van der Waals surface area contributed by atoms with Crippen LogP contribution in [-0.4, -0.2) is 22.1 Å². The van der Waals surface area contributed by atoms with Crippen LogP contribution >= 0.6 is 11.8 Å². The minimum absolute atomic E-state index is 0.225. The van der Waals surface area contributed by atoms with Gasteiger partial charge in [0.2, 0.25) is 5.91 Å². The molecule has 0 bridgehead atoms. The minimum atomic E-state index is -0.289. The van der Waals surface area contributed by atoms with Crippen molar-refractivity contribution in [3.8, 4) is 0 Å². The molecule has 1 aromatic heterocycles. The fourth-order valence-corrected chi connectivity index (χ4v) is 1.33. The predicted octanol–water partition coefficient (Wildman–Crippen LogP) is 0.294. The second kappa shape index (κ2) is 5.35. The zero-order chi connectivity index (χ0) is 11.3. The summed E-state index contributed by atoms with van der Waals surface area (Å²) in [5, 5.41) is 3.08. The third-order valence-electron chi connectivity index (χ3n) is 1.60. The second-order valence-corrected chi connectivity index (χ2v) is 3.46. The van der Waals surface area contributed by atoms with Crippen molar-refractivity contribution in [3.05, 3.63) is 34.8 Å². The van der Waals surface area contributed by atoms with Crippen LogP contribution in [0.5, 0.6) is 0 Å². The van der Waals surface area contributed by atoms with Gasteiger partial charge < -0.3 is 10.3 Å². The monoisotopic (exact) mass is 225 g/mol. The van der Waals surface area contributed by atoms with E-state index < -0.39 is 0 Å². The van der Waals surface area contributed by atoms with Gasteiger partial charge in [-0.1, -0.05) is 18.3 Å². The zero-order valence-electron chi connectivity index (χ0n) is 8.24.